The molecule has 0 radical (unpaired) electrons. The van der Waals surface area contributed by atoms with Gasteiger partial charge in [0, 0.05) is 37.3 Å². The molecular weight excluding hydrogens is 514 g/mol. The zero-order valence-electron chi connectivity index (χ0n) is 23.1. The monoisotopic (exact) mass is 551 g/mol. The summed E-state index contributed by atoms with van der Waals surface area (Å²) < 4.78 is 11.0. The molecule has 0 bridgehead atoms. The van der Waals surface area contributed by atoms with Crippen LogP contribution < -0.4 is 14.4 Å². The fourth-order valence-electron chi connectivity index (χ4n) is 6.08. The second kappa shape index (κ2) is 12.3. The average molecular weight is 552 g/mol. The van der Waals surface area contributed by atoms with E-state index >= 15 is 0 Å². The largest absolute Gasteiger partial charge is 0.481 e. The highest BCUT2D eigenvalue weighted by Crippen LogP contribution is 2.43. The Kier molecular flexibility index (Phi) is 8.56. The number of hydrogen-bond acceptors (Lipinski definition) is 7. The maximum Gasteiger partial charge on any atom is 0.308 e. The van der Waals surface area contributed by atoms with E-state index in [1.807, 2.05) is 55.1 Å². The molecule has 3 aliphatic heterocycles. The van der Waals surface area contributed by atoms with E-state index in [0.29, 0.717) is 50.6 Å². The van der Waals surface area contributed by atoms with Gasteiger partial charge in [0.05, 0.1) is 25.5 Å². The third-order valence-corrected chi connectivity index (χ3v) is 7.93. The van der Waals surface area contributed by atoms with Gasteiger partial charge in [-0.05, 0) is 48.6 Å². The zero-order valence-corrected chi connectivity index (χ0v) is 23.1. The van der Waals surface area contributed by atoms with E-state index in [1.54, 1.807) is 11.0 Å². The molecule has 10 heteroatoms. The highest BCUT2D eigenvalue weighted by Gasteiger charge is 2.48. The minimum atomic E-state index is -0.927. The predicted octanol–water partition coefficient (Wildman–Crippen LogP) is 3.44. The molecule has 0 unspecified atom stereocenters. The van der Waals surface area contributed by atoms with Crippen LogP contribution in [0.25, 0.3) is 0 Å². The van der Waals surface area contributed by atoms with Crippen molar-refractivity contribution in [3.05, 3.63) is 53.6 Å². The molecule has 0 spiro atoms. The van der Waals surface area contributed by atoms with E-state index in [9.17, 15) is 19.5 Å². The Morgan fingerprint density at radius 2 is 1.90 bits per heavy atom. The summed E-state index contributed by atoms with van der Waals surface area (Å²) >= 11 is 0. The summed E-state index contributed by atoms with van der Waals surface area (Å²) in [7, 11) is 0. The Labute approximate surface area is 234 Å². The van der Waals surface area contributed by atoms with Crippen molar-refractivity contribution in [2.45, 2.75) is 51.5 Å². The minimum absolute atomic E-state index is 0.00288. The Morgan fingerprint density at radius 1 is 1.10 bits per heavy atom. The summed E-state index contributed by atoms with van der Waals surface area (Å²) in [4.78, 5) is 48.5. The molecule has 1 saturated heterocycles. The Balaban J connectivity index is 1.42. The van der Waals surface area contributed by atoms with Crippen molar-refractivity contribution in [3.8, 4) is 11.5 Å². The number of amides is 2. The van der Waals surface area contributed by atoms with Gasteiger partial charge < -0.3 is 19.5 Å². The van der Waals surface area contributed by atoms with Crippen LogP contribution in [0.2, 0.25) is 0 Å². The van der Waals surface area contributed by atoms with Crippen LogP contribution in [-0.2, 0) is 25.6 Å². The van der Waals surface area contributed by atoms with Gasteiger partial charge in [0.15, 0.2) is 11.5 Å². The van der Waals surface area contributed by atoms with Gasteiger partial charge in [0.25, 0.3) is 5.91 Å². The van der Waals surface area contributed by atoms with Crippen molar-refractivity contribution in [2.75, 3.05) is 44.5 Å². The Bertz CT molecular complexity index is 1250. The molecule has 0 aliphatic carbocycles. The number of carboxylic acid groups (broad SMARTS) is 1. The molecule has 1 fully saturated rings. The summed E-state index contributed by atoms with van der Waals surface area (Å²) in [5, 5.41) is 11.9. The Morgan fingerprint density at radius 3 is 2.67 bits per heavy atom. The number of carboxylic acids is 1. The number of benzene rings is 2. The van der Waals surface area contributed by atoms with E-state index in [-0.39, 0.29) is 31.1 Å². The van der Waals surface area contributed by atoms with Crippen LogP contribution in [0.1, 0.15) is 50.2 Å². The molecule has 2 aromatic carbocycles. The molecular formula is C30H37N3O7. The lowest BCUT2D eigenvalue weighted by Crippen LogP contribution is -2.45. The molecule has 1 N–H and O–H groups in total. The molecule has 3 aliphatic rings. The average Bonchev–Trinajstić information content (AvgIpc) is 3.64. The molecule has 3 heterocycles. The lowest BCUT2D eigenvalue weighted by molar-refractivity contribution is -0.188. The number of carbonyl (C=O) groups is 3. The second-order valence-electron chi connectivity index (χ2n) is 10.5. The lowest BCUT2D eigenvalue weighted by atomic mass is 9.84. The quantitative estimate of drug-likeness (QED) is 0.400. The third kappa shape index (κ3) is 5.64. The standard InChI is InChI=1S/C30H37N3O7/c1-3-12-33(40-14-4-2)28(35)18-31-17-22(20-9-10-25-26(15-20)39-19-38-25)29(30(36)37)24(31)11-13-32-23-8-6-5-7-21(23)16-27(32)34/h5-10,15,22,24,29H,3-4,11-14,16-19H2,1-2H3,(H,36,37)/t22-,24+,29-/m1/s1. The van der Waals surface area contributed by atoms with Crippen LogP contribution in [0.5, 0.6) is 11.5 Å². The number of anilines is 1. The normalized spacial score (nSPS) is 21.6. The molecule has 5 rings (SSSR count). The number of likely N-dealkylation sites (tertiary alicyclic amines) is 1. The number of rotatable bonds is 12. The fourth-order valence-corrected chi connectivity index (χ4v) is 6.08. The highest BCUT2D eigenvalue weighted by atomic mass is 16.7. The number of hydroxylamine groups is 2. The predicted molar refractivity (Wildman–Crippen MR) is 147 cm³/mol. The highest BCUT2D eigenvalue weighted by molar-refractivity contribution is 6.01. The van der Waals surface area contributed by atoms with Gasteiger partial charge in [-0.2, -0.15) is 0 Å². The van der Waals surface area contributed by atoms with Crippen molar-refractivity contribution >= 4 is 23.5 Å². The van der Waals surface area contributed by atoms with Crippen LogP contribution >= 0.6 is 0 Å². The molecule has 0 aromatic heterocycles. The first-order valence-electron chi connectivity index (χ1n) is 14.1. The molecule has 0 saturated carbocycles. The number of aliphatic carboxylic acids is 1. The molecule has 2 aromatic rings. The van der Waals surface area contributed by atoms with Crippen molar-refractivity contribution in [3.63, 3.8) is 0 Å². The van der Waals surface area contributed by atoms with Gasteiger partial charge in [-0.15, -0.1) is 0 Å². The molecule has 214 valence electrons. The van der Waals surface area contributed by atoms with Gasteiger partial charge >= 0.3 is 5.97 Å². The molecule has 10 nitrogen and oxygen atoms in total. The van der Waals surface area contributed by atoms with Gasteiger partial charge in [0.2, 0.25) is 12.7 Å². The lowest BCUT2D eigenvalue weighted by Gasteiger charge is -2.30. The molecule has 2 amide bonds. The summed E-state index contributed by atoms with van der Waals surface area (Å²) in [5.74, 6) is -1.05. The van der Waals surface area contributed by atoms with E-state index in [0.717, 1.165) is 29.7 Å². The first-order chi connectivity index (χ1) is 19.4. The zero-order chi connectivity index (χ0) is 28.2. The maximum absolute atomic E-state index is 13.4. The van der Waals surface area contributed by atoms with Crippen molar-refractivity contribution in [2.24, 2.45) is 5.92 Å². The van der Waals surface area contributed by atoms with E-state index in [4.69, 9.17) is 14.3 Å². The van der Waals surface area contributed by atoms with E-state index in [1.165, 1.54) is 5.06 Å². The second-order valence-corrected chi connectivity index (χ2v) is 10.5. The van der Waals surface area contributed by atoms with Crippen LogP contribution in [0.3, 0.4) is 0 Å². The summed E-state index contributed by atoms with van der Waals surface area (Å²) in [6.45, 7) is 5.77. The third-order valence-electron chi connectivity index (χ3n) is 7.93. The van der Waals surface area contributed by atoms with Crippen molar-refractivity contribution in [1.82, 2.24) is 9.96 Å². The van der Waals surface area contributed by atoms with Crippen LogP contribution in [0, 0.1) is 5.92 Å². The number of fused-ring (bicyclic) bond motifs is 2. The first kappa shape index (κ1) is 27.9. The maximum atomic E-state index is 13.4. The SMILES string of the molecule is CCCON(CCC)C(=O)CN1C[C@H](c2ccc3c(c2)OCO3)[C@@H](C(=O)O)[C@@H]1CCN1C(=O)Cc2ccccc21. The summed E-state index contributed by atoms with van der Waals surface area (Å²) in [5.41, 5.74) is 2.67. The van der Waals surface area contributed by atoms with E-state index < -0.39 is 17.9 Å². The molecule has 3 atom stereocenters. The molecule has 40 heavy (non-hydrogen) atoms. The fraction of sp³-hybridized carbons (Fsp3) is 0.500. The van der Waals surface area contributed by atoms with Crippen LogP contribution in [-0.4, -0.2) is 78.5 Å². The smallest absolute Gasteiger partial charge is 0.308 e. The number of ether oxygens (including phenoxy) is 2. The van der Waals surface area contributed by atoms with Gasteiger partial charge in [-0.25, -0.2) is 5.06 Å². The summed E-state index contributed by atoms with van der Waals surface area (Å²) in [6.07, 6.45) is 2.27. The van der Waals surface area contributed by atoms with Gasteiger partial charge in [-0.3, -0.25) is 24.1 Å². The minimum Gasteiger partial charge on any atom is -0.481 e. The van der Waals surface area contributed by atoms with E-state index in [2.05, 4.69) is 0 Å². The van der Waals surface area contributed by atoms with Crippen LogP contribution in [0.15, 0.2) is 42.5 Å². The first-order valence-corrected chi connectivity index (χ1v) is 14.1. The Hall–Kier alpha value is -3.63. The number of carbonyl (C=O) groups excluding carboxylic acids is 2. The summed E-state index contributed by atoms with van der Waals surface area (Å²) in [6, 6.07) is 12.8. The van der Waals surface area contributed by atoms with Crippen molar-refractivity contribution < 1.29 is 33.8 Å². The van der Waals surface area contributed by atoms with Crippen molar-refractivity contribution in [1.29, 1.82) is 0 Å². The number of nitrogens with zero attached hydrogens (tertiary/aromatic N) is 3. The number of para-hydroxylation sites is 1. The van der Waals surface area contributed by atoms with Crippen LogP contribution in [0.4, 0.5) is 5.69 Å². The van der Waals surface area contributed by atoms with Gasteiger partial charge in [-0.1, -0.05) is 38.1 Å². The topological polar surface area (TPSA) is 109 Å². The van der Waals surface area contributed by atoms with Gasteiger partial charge in [0.1, 0.15) is 0 Å². The number of hydrogen-bond donors (Lipinski definition) is 1.